The Hall–Kier alpha value is -1.40. The fourth-order valence-electron chi connectivity index (χ4n) is 1.55. The van der Waals surface area contributed by atoms with Gasteiger partial charge in [-0.2, -0.15) is 0 Å². The van der Waals surface area contributed by atoms with E-state index in [1.165, 1.54) is 0 Å². The number of hydrogen-bond acceptors (Lipinski definition) is 3. The number of nitrogens with one attached hydrogen (secondary N) is 1. The van der Waals surface area contributed by atoms with Gasteiger partial charge in [-0.1, -0.05) is 0 Å². The molecule has 104 valence electrons. The Morgan fingerprint density at radius 2 is 2.10 bits per heavy atom. The molecule has 0 aliphatic heterocycles. The number of ether oxygens (including phenoxy) is 1. The minimum Gasteiger partial charge on any atom is -0.493 e. The van der Waals surface area contributed by atoms with E-state index < -0.39 is 0 Å². The minimum absolute atomic E-state index is 0.219. The van der Waals surface area contributed by atoms with Crippen LogP contribution in [0.15, 0.2) is 45.5 Å². The third-order valence-electron chi connectivity index (χ3n) is 2.46. The van der Waals surface area contributed by atoms with Gasteiger partial charge in [-0.25, -0.2) is 4.98 Å². The highest BCUT2D eigenvalue weighted by Crippen LogP contribution is 2.26. The summed E-state index contributed by atoms with van der Waals surface area (Å²) in [7, 11) is 0. The number of pyridine rings is 1. The van der Waals surface area contributed by atoms with Crippen molar-refractivity contribution < 1.29 is 9.53 Å². The average Bonchev–Trinajstić information content (AvgIpc) is 2.44. The quantitative estimate of drug-likeness (QED) is 0.835. The molecule has 0 saturated carbocycles. The molecule has 0 aliphatic carbocycles. The first-order valence-electron chi connectivity index (χ1n) is 5.95. The zero-order chi connectivity index (χ0) is 14.5. The maximum atomic E-state index is 12.1. The van der Waals surface area contributed by atoms with E-state index in [-0.39, 0.29) is 5.91 Å². The molecule has 4 nitrogen and oxygen atoms in total. The van der Waals surface area contributed by atoms with Gasteiger partial charge in [-0.15, -0.1) is 0 Å². The molecule has 20 heavy (non-hydrogen) atoms. The van der Waals surface area contributed by atoms with Crippen LogP contribution in [0, 0.1) is 0 Å². The van der Waals surface area contributed by atoms with Crippen LogP contribution < -0.4 is 10.1 Å². The third-order valence-corrected chi connectivity index (χ3v) is 3.55. The molecule has 1 aromatic carbocycles. The third kappa shape index (κ3) is 3.80. The molecule has 0 saturated heterocycles. The van der Waals surface area contributed by atoms with Gasteiger partial charge in [0.2, 0.25) is 0 Å². The minimum atomic E-state index is -0.219. The summed E-state index contributed by atoms with van der Waals surface area (Å²) in [6, 6.07) is 8.74. The Labute approximate surface area is 133 Å². The van der Waals surface area contributed by atoms with Gasteiger partial charge in [0.1, 0.15) is 11.6 Å². The average molecular weight is 400 g/mol. The van der Waals surface area contributed by atoms with Gasteiger partial charge < -0.3 is 10.1 Å². The normalized spacial score (nSPS) is 10.2. The molecule has 1 amide bonds. The molecule has 1 N–H and O–H groups in total. The van der Waals surface area contributed by atoms with Crippen LogP contribution in [0.4, 0.5) is 5.82 Å². The molecule has 0 bridgehead atoms. The topological polar surface area (TPSA) is 51.2 Å². The largest absolute Gasteiger partial charge is 0.493 e. The molecular formula is C14H12Br2N2O2. The van der Waals surface area contributed by atoms with Gasteiger partial charge in [0, 0.05) is 16.2 Å². The van der Waals surface area contributed by atoms with Crippen LogP contribution >= 0.6 is 31.9 Å². The van der Waals surface area contributed by atoms with Crippen molar-refractivity contribution in [2.75, 3.05) is 11.9 Å². The van der Waals surface area contributed by atoms with E-state index in [2.05, 4.69) is 42.2 Å². The lowest BCUT2D eigenvalue weighted by Gasteiger charge is -2.08. The Bertz CT molecular complexity index is 615. The summed E-state index contributed by atoms with van der Waals surface area (Å²) in [6.07, 6.45) is 1.63. The van der Waals surface area contributed by atoms with Crippen molar-refractivity contribution in [2.45, 2.75) is 6.92 Å². The lowest BCUT2D eigenvalue weighted by Crippen LogP contribution is -2.12. The molecule has 0 radical (unpaired) electrons. The number of amides is 1. The second-order valence-electron chi connectivity index (χ2n) is 3.89. The van der Waals surface area contributed by atoms with Gasteiger partial charge >= 0.3 is 0 Å². The second-order valence-corrected chi connectivity index (χ2v) is 5.66. The summed E-state index contributed by atoms with van der Waals surface area (Å²) in [4.78, 5) is 16.2. The smallest absolute Gasteiger partial charge is 0.256 e. The zero-order valence-electron chi connectivity index (χ0n) is 10.7. The van der Waals surface area contributed by atoms with Gasteiger partial charge in [-0.05, 0) is 69.1 Å². The fourth-order valence-corrected chi connectivity index (χ4v) is 2.28. The summed E-state index contributed by atoms with van der Waals surface area (Å²) >= 11 is 6.68. The van der Waals surface area contributed by atoms with Crippen molar-refractivity contribution in [3.63, 3.8) is 0 Å². The molecule has 1 aromatic heterocycles. The van der Waals surface area contributed by atoms with E-state index in [0.29, 0.717) is 23.7 Å². The number of carbonyl (C=O) groups excluding carboxylic acids is 1. The van der Waals surface area contributed by atoms with Crippen LogP contribution in [0.5, 0.6) is 5.75 Å². The maximum Gasteiger partial charge on any atom is 0.256 e. The SMILES string of the molecule is CCOc1ccc(C(=O)Nc2ccc(Br)cn2)cc1Br. The summed E-state index contributed by atoms with van der Waals surface area (Å²) in [5, 5.41) is 2.73. The van der Waals surface area contributed by atoms with E-state index in [1.807, 2.05) is 13.0 Å². The molecule has 0 atom stereocenters. The lowest BCUT2D eigenvalue weighted by atomic mass is 10.2. The van der Waals surface area contributed by atoms with E-state index in [9.17, 15) is 4.79 Å². The van der Waals surface area contributed by atoms with Crippen molar-refractivity contribution in [2.24, 2.45) is 0 Å². The number of halogens is 2. The van der Waals surface area contributed by atoms with E-state index >= 15 is 0 Å². The van der Waals surface area contributed by atoms with E-state index in [4.69, 9.17) is 4.74 Å². The van der Waals surface area contributed by atoms with Gasteiger partial charge in [0.15, 0.2) is 0 Å². The number of rotatable bonds is 4. The van der Waals surface area contributed by atoms with Gasteiger partial charge in [0.25, 0.3) is 5.91 Å². The molecular weight excluding hydrogens is 388 g/mol. The molecule has 0 unspecified atom stereocenters. The van der Waals surface area contributed by atoms with Crippen LogP contribution in [0.3, 0.4) is 0 Å². The highest BCUT2D eigenvalue weighted by molar-refractivity contribution is 9.10. The number of carbonyl (C=O) groups is 1. The van der Waals surface area contributed by atoms with Gasteiger partial charge in [0.05, 0.1) is 11.1 Å². The van der Waals surface area contributed by atoms with Crippen molar-refractivity contribution in [1.82, 2.24) is 4.98 Å². The summed E-state index contributed by atoms with van der Waals surface area (Å²) in [5.74, 6) is 0.998. The zero-order valence-corrected chi connectivity index (χ0v) is 13.9. The molecule has 2 aromatic rings. The van der Waals surface area contributed by atoms with Gasteiger partial charge in [-0.3, -0.25) is 4.79 Å². The molecule has 0 aliphatic rings. The lowest BCUT2D eigenvalue weighted by molar-refractivity contribution is 0.102. The van der Waals surface area contributed by atoms with Crippen LogP contribution in [-0.2, 0) is 0 Å². The predicted octanol–water partition coefficient (Wildman–Crippen LogP) is 4.26. The van der Waals surface area contributed by atoms with E-state index in [0.717, 1.165) is 8.95 Å². The second kappa shape index (κ2) is 6.85. The van der Waals surface area contributed by atoms with Crippen LogP contribution in [-0.4, -0.2) is 17.5 Å². The maximum absolute atomic E-state index is 12.1. The first kappa shape index (κ1) is 15.0. The Morgan fingerprint density at radius 3 is 2.70 bits per heavy atom. The summed E-state index contributed by atoms with van der Waals surface area (Å²) in [5.41, 5.74) is 0.532. The number of aromatic nitrogens is 1. The number of nitrogens with zero attached hydrogens (tertiary/aromatic N) is 1. The predicted molar refractivity (Wildman–Crippen MR) is 85.2 cm³/mol. The van der Waals surface area contributed by atoms with Crippen molar-refractivity contribution >= 4 is 43.6 Å². The van der Waals surface area contributed by atoms with E-state index in [1.54, 1.807) is 30.5 Å². The standard InChI is InChI=1S/C14H12Br2N2O2/c1-2-20-12-5-3-9(7-11(12)16)14(19)18-13-6-4-10(15)8-17-13/h3-8H,2H2,1H3,(H,17,18,19). The summed E-state index contributed by atoms with van der Waals surface area (Å²) < 4.78 is 7.01. The molecule has 1 heterocycles. The van der Waals surface area contributed by atoms with Crippen molar-refractivity contribution in [3.05, 3.63) is 51.0 Å². The monoisotopic (exact) mass is 398 g/mol. The Kier molecular flexibility index (Phi) is 5.14. The van der Waals surface area contributed by atoms with Crippen LogP contribution in [0.25, 0.3) is 0 Å². The van der Waals surface area contributed by atoms with Crippen molar-refractivity contribution in [3.8, 4) is 5.75 Å². The fraction of sp³-hybridized carbons (Fsp3) is 0.143. The van der Waals surface area contributed by atoms with Crippen molar-refractivity contribution in [1.29, 1.82) is 0 Å². The summed E-state index contributed by atoms with van der Waals surface area (Å²) in [6.45, 7) is 2.49. The number of anilines is 1. The molecule has 0 spiro atoms. The Balaban J connectivity index is 2.13. The number of benzene rings is 1. The highest BCUT2D eigenvalue weighted by Gasteiger charge is 2.10. The van der Waals surface area contributed by atoms with Crippen LogP contribution in [0.1, 0.15) is 17.3 Å². The molecule has 6 heteroatoms. The Morgan fingerprint density at radius 1 is 1.30 bits per heavy atom. The first-order valence-corrected chi connectivity index (χ1v) is 7.54. The molecule has 0 fully saturated rings. The van der Waals surface area contributed by atoms with Crippen LogP contribution in [0.2, 0.25) is 0 Å². The first-order chi connectivity index (χ1) is 9.60. The molecule has 2 rings (SSSR count). The highest BCUT2D eigenvalue weighted by atomic mass is 79.9. The number of hydrogen-bond donors (Lipinski definition) is 1.